The molecule has 4 rings (SSSR count). The first-order valence-corrected chi connectivity index (χ1v) is 13.6. The van der Waals surface area contributed by atoms with Crippen LogP contribution in [0.1, 0.15) is 58.0 Å². The van der Waals surface area contributed by atoms with E-state index < -0.39 is 5.91 Å². The molecular weight excluding hydrogens is 482 g/mol. The Bertz CT molecular complexity index is 1250. The first-order chi connectivity index (χ1) is 16.8. The molecule has 0 saturated carbocycles. The summed E-state index contributed by atoms with van der Waals surface area (Å²) in [4.78, 5) is 26.0. The molecule has 0 spiro atoms. The van der Waals surface area contributed by atoms with E-state index in [9.17, 15) is 9.59 Å². The van der Waals surface area contributed by atoms with Crippen LogP contribution in [0.4, 0.5) is 5.00 Å². The van der Waals surface area contributed by atoms with Gasteiger partial charge in [0.1, 0.15) is 17.4 Å². The number of carbonyl (C=O) groups excluding carboxylic acids is 2. The molecule has 0 radical (unpaired) electrons. The van der Waals surface area contributed by atoms with Crippen molar-refractivity contribution in [1.82, 2.24) is 14.8 Å². The van der Waals surface area contributed by atoms with Crippen molar-refractivity contribution >= 4 is 39.9 Å². The summed E-state index contributed by atoms with van der Waals surface area (Å²) in [6, 6.07) is 6.09. The van der Waals surface area contributed by atoms with E-state index in [0.29, 0.717) is 40.6 Å². The number of thioether (sulfide) groups is 1. The van der Waals surface area contributed by atoms with Crippen LogP contribution in [-0.2, 0) is 30.8 Å². The fourth-order valence-corrected chi connectivity index (χ4v) is 6.50. The Balaban J connectivity index is 1.40. The van der Waals surface area contributed by atoms with Crippen LogP contribution in [0.3, 0.4) is 0 Å². The molecule has 0 fully saturated rings. The van der Waals surface area contributed by atoms with Crippen LogP contribution >= 0.6 is 23.1 Å². The molecule has 8 nitrogen and oxygen atoms in total. The highest BCUT2D eigenvalue weighted by atomic mass is 32.2. The molecule has 2 heterocycles. The normalized spacial score (nSPS) is 15.0. The first kappa shape index (κ1) is 25.2. The van der Waals surface area contributed by atoms with Gasteiger partial charge in [0.2, 0.25) is 5.91 Å². The molecule has 1 unspecified atom stereocenters. The van der Waals surface area contributed by atoms with Crippen molar-refractivity contribution in [1.29, 1.82) is 0 Å². The molecule has 1 aliphatic rings. The Morgan fingerprint density at radius 3 is 2.86 bits per heavy atom. The van der Waals surface area contributed by atoms with Gasteiger partial charge in [-0.2, -0.15) is 0 Å². The van der Waals surface area contributed by atoms with Crippen LogP contribution in [0.15, 0.2) is 23.4 Å². The number of carbonyl (C=O) groups is 2. The average Bonchev–Trinajstić information content (AvgIpc) is 3.37. The summed E-state index contributed by atoms with van der Waals surface area (Å²) >= 11 is 2.78. The number of benzene rings is 1. The molecule has 3 N–H and O–H groups in total. The van der Waals surface area contributed by atoms with E-state index in [0.717, 1.165) is 46.6 Å². The standard InChI is InChI=1S/C25H31N5O3S2/c1-5-30-20(12-33-18-10-14(2)6-8-16(18)4)28-29-25(30)34-13-21(31)27-24-22(23(26)32)17-9-7-15(3)11-19(17)35-24/h6,8,10,15H,5,7,9,11-13H2,1-4H3,(H2,26,32)(H,27,31). The molecule has 0 saturated heterocycles. The lowest BCUT2D eigenvalue weighted by Crippen LogP contribution is -2.20. The number of nitrogens with two attached hydrogens (primary N) is 1. The second-order valence-electron chi connectivity index (χ2n) is 8.96. The Hall–Kier alpha value is -2.85. The maximum absolute atomic E-state index is 12.8. The van der Waals surface area contributed by atoms with Crippen molar-refractivity contribution in [3.8, 4) is 5.75 Å². The minimum absolute atomic E-state index is 0.146. The number of nitrogens with zero attached hydrogens (tertiary/aromatic N) is 3. The molecule has 1 aromatic carbocycles. The van der Waals surface area contributed by atoms with E-state index >= 15 is 0 Å². The van der Waals surface area contributed by atoms with Crippen molar-refractivity contribution < 1.29 is 14.3 Å². The molecule has 186 valence electrons. The van der Waals surface area contributed by atoms with E-state index in [2.05, 4.69) is 28.5 Å². The molecule has 35 heavy (non-hydrogen) atoms. The van der Waals surface area contributed by atoms with Gasteiger partial charge < -0.3 is 20.4 Å². The fourth-order valence-electron chi connectivity index (χ4n) is 4.25. The number of fused-ring (bicyclic) bond motifs is 1. The summed E-state index contributed by atoms with van der Waals surface area (Å²) in [5.74, 6) is 1.54. The smallest absolute Gasteiger partial charge is 0.251 e. The van der Waals surface area contributed by atoms with Crippen LogP contribution in [-0.4, -0.2) is 32.3 Å². The van der Waals surface area contributed by atoms with Gasteiger partial charge in [-0.1, -0.05) is 30.8 Å². The zero-order chi connectivity index (χ0) is 25.1. The number of hydrogen-bond acceptors (Lipinski definition) is 7. The highest BCUT2D eigenvalue weighted by Crippen LogP contribution is 2.39. The SMILES string of the molecule is CCn1c(COc2cc(C)ccc2C)nnc1SCC(=O)Nc1sc2c(c1C(N)=O)CCC(C)C2. The Kier molecular flexibility index (Phi) is 7.81. The molecule has 1 aliphatic carbocycles. The van der Waals surface area contributed by atoms with Gasteiger partial charge in [-0.05, 0) is 68.7 Å². The number of hydrogen-bond donors (Lipinski definition) is 2. The lowest BCUT2D eigenvalue weighted by atomic mass is 9.88. The Morgan fingerprint density at radius 2 is 2.11 bits per heavy atom. The molecule has 2 aromatic heterocycles. The van der Waals surface area contributed by atoms with Gasteiger partial charge >= 0.3 is 0 Å². The lowest BCUT2D eigenvalue weighted by Gasteiger charge is -2.18. The second-order valence-corrected chi connectivity index (χ2v) is 11.0. The average molecular weight is 514 g/mol. The van der Waals surface area contributed by atoms with Gasteiger partial charge in [-0.15, -0.1) is 21.5 Å². The quantitative estimate of drug-likeness (QED) is 0.407. The van der Waals surface area contributed by atoms with Crippen molar-refractivity contribution in [2.75, 3.05) is 11.1 Å². The summed E-state index contributed by atoms with van der Waals surface area (Å²) in [5.41, 5.74) is 9.33. The number of aromatic nitrogens is 3. The number of ether oxygens (including phenoxy) is 1. The molecule has 2 amide bonds. The van der Waals surface area contributed by atoms with Crippen LogP contribution in [0.2, 0.25) is 0 Å². The monoisotopic (exact) mass is 513 g/mol. The number of thiophene rings is 1. The minimum atomic E-state index is -0.487. The van der Waals surface area contributed by atoms with Gasteiger partial charge in [0.25, 0.3) is 5.91 Å². The van der Waals surface area contributed by atoms with Gasteiger partial charge in [-0.3, -0.25) is 9.59 Å². The highest BCUT2D eigenvalue weighted by molar-refractivity contribution is 7.99. The first-order valence-electron chi connectivity index (χ1n) is 11.8. The number of nitrogens with one attached hydrogen (secondary N) is 1. The number of primary amides is 1. The van der Waals surface area contributed by atoms with Gasteiger partial charge in [0, 0.05) is 11.4 Å². The van der Waals surface area contributed by atoms with Gasteiger partial charge in [0.15, 0.2) is 11.0 Å². The maximum Gasteiger partial charge on any atom is 0.251 e. The van der Waals surface area contributed by atoms with Crippen molar-refractivity contribution in [3.63, 3.8) is 0 Å². The van der Waals surface area contributed by atoms with Crippen LogP contribution in [0, 0.1) is 19.8 Å². The number of rotatable bonds is 9. The third-order valence-corrected chi connectivity index (χ3v) is 8.29. The van der Waals surface area contributed by atoms with Gasteiger partial charge in [-0.25, -0.2) is 0 Å². The summed E-state index contributed by atoms with van der Waals surface area (Å²) in [6.07, 6.45) is 2.76. The largest absolute Gasteiger partial charge is 0.485 e. The zero-order valence-electron chi connectivity index (χ0n) is 20.5. The van der Waals surface area contributed by atoms with Crippen LogP contribution < -0.4 is 15.8 Å². The predicted molar refractivity (Wildman–Crippen MR) is 139 cm³/mol. The van der Waals surface area contributed by atoms with Crippen LogP contribution in [0.5, 0.6) is 5.75 Å². The van der Waals surface area contributed by atoms with Crippen LogP contribution in [0.25, 0.3) is 0 Å². The third-order valence-electron chi connectivity index (χ3n) is 6.15. The predicted octanol–water partition coefficient (Wildman–Crippen LogP) is 4.51. The minimum Gasteiger partial charge on any atom is -0.485 e. The number of anilines is 1. The Morgan fingerprint density at radius 1 is 1.31 bits per heavy atom. The van der Waals surface area contributed by atoms with Crippen molar-refractivity contribution in [2.24, 2.45) is 11.7 Å². The van der Waals surface area contributed by atoms with E-state index in [1.54, 1.807) is 0 Å². The Labute approximate surface area is 213 Å². The van der Waals surface area contributed by atoms with Crippen molar-refractivity contribution in [2.45, 2.75) is 65.3 Å². The molecule has 0 bridgehead atoms. The van der Waals surface area contributed by atoms with Crippen molar-refractivity contribution in [3.05, 3.63) is 51.2 Å². The van der Waals surface area contributed by atoms with Gasteiger partial charge in [0.05, 0.1) is 11.3 Å². The second kappa shape index (κ2) is 10.8. The molecular formula is C25H31N5O3S2. The van der Waals surface area contributed by atoms with E-state index in [4.69, 9.17) is 10.5 Å². The number of aryl methyl sites for hydroxylation is 2. The van der Waals surface area contributed by atoms with E-state index in [-0.39, 0.29) is 11.7 Å². The third kappa shape index (κ3) is 5.70. The highest BCUT2D eigenvalue weighted by Gasteiger charge is 2.27. The molecule has 0 aliphatic heterocycles. The summed E-state index contributed by atoms with van der Waals surface area (Å²) in [5, 5.41) is 12.7. The topological polar surface area (TPSA) is 112 Å². The summed E-state index contributed by atoms with van der Waals surface area (Å²) in [6.45, 7) is 9.19. The van der Waals surface area contributed by atoms with E-state index in [1.807, 2.05) is 37.5 Å². The molecule has 10 heteroatoms. The lowest BCUT2D eigenvalue weighted by molar-refractivity contribution is -0.113. The maximum atomic E-state index is 12.8. The summed E-state index contributed by atoms with van der Waals surface area (Å²) in [7, 11) is 0. The zero-order valence-corrected chi connectivity index (χ0v) is 22.1. The number of amides is 2. The van der Waals surface area contributed by atoms with E-state index in [1.165, 1.54) is 23.1 Å². The summed E-state index contributed by atoms with van der Waals surface area (Å²) < 4.78 is 7.94. The fraction of sp³-hybridized carbons (Fsp3) is 0.440. The molecule has 3 aromatic rings. The molecule has 1 atom stereocenters.